The summed E-state index contributed by atoms with van der Waals surface area (Å²) in [6.45, 7) is 2.39. The molecule has 2 aromatic carbocycles. The number of rotatable bonds is 6. The van der Waals surface area contributed by atoms with Gasteiger partial charge < -0.3 is 10.1 Å². The molecule has 0 saturated carbocycles. The number of hydrogen-bond donors (Lipinski definition) is 1. The van der Waals surface area contributed by atoms with Gasteiger partial charge in [-0.25, -0.2) is 17.5 Å². The van der Waals surface area contributed by atoms with Crippen molar-refractivity contribution < 1.29 is 22.7 Å². The predicted molar refractivity (Wildman–Crippen MR) is 120 cm³/mol. The van der Waals surface area contributed by atoms with Gasteiger partial charge in [0, 0.05) is 29.7 Å². The quantitative estimate of drug-likeness (QED) is 0.659. The van der Waals surface area contributed by atoms with Crippen LogP contribution in [0.3, 0.4) is 0 Å². The van der Waals surface area contributed by atoms with Gasteiger partial charge in [-0.05, 0) is 55.2 Å². The number of hydrogen-bond acceptors (Lipinski definition) is 5. The number of nitrogens with one attached hydrogen (secondary N) is 1. The molecule has 9 heteroatoms. The van der Waals surface area contributed by atoms with Gasteiger partial charge in [0.2, 0.25) is 15.9 Å². The number of piperidine rings is 1. The van der Waals surface area contributed by atoms with E-state index in [-0.39, 0.29) is 30.7 Å². The zero-order chi connectivity index (χ0) is 22.6. The summed E-state index contributed by atoms with van der Waals surface area (Å²) in [5, 5.41) is 3.36. The molecule has 3 rings (SSSR count). The fraction of sp³-hybridized carbons (Fsp3) is 0.364. The van der Waals surface area contributed by atoms with Crippen LogP contribution >= 0.6 is 11.6 Å². The maximum Gasteiger partial charge on any atom is 0.337 e. The normalized spacial score (nSPS) is 15.5. The summed E-state index contributed by atoms with van der Waals surface area (Å²) in [7, 11) is -2.19. The molecule has 0 aliphatic carbocycles. The van der Waals surface area contributed by atoms with E-state index < -0.39 is 16.0 Å². The summed E-state index contributed by atoms with van der Waals surface area (Å²) >= 11 is 5.95. The van der Waals surface area contributed by atoms with Crippen LogP contribution in [0.25, 0.3) is 0 Å². The maximum absolute atomic E-state index is 12.7. The maximum atomic E-state index is 12.7. The SMILES string of the molecule is COC(=O)c1ccc(C)c(NC(=O)C2CCN(S(=O)(=O)Cc3cccc(Cl)c3)CC2)c1. The number of amides is 1. The molecule has 0 radical (unpaired) electrons. The van der Waals surface area contributed by atoms with Gasteiger partial charge in [-0.2, -0.15) is 0 Å². The van der Waals surface area contributed by atoms with Crippen molar-refractivity contribution in [1.29, 1.82) is 0 Å². The summed E-state index contributed by atoms with van der Waals surface area (Å²) in [6.07, 6.45) is 0.854. The van der Waals surface area contributed by atoms with Crippen LogP contribution in [-0.2, 0) is 25.3 Å². The highest BCUT2D eigenvalue weighted by atomic mass is 35.5. The minimum absolute atomic E-state index is 0.121. The Morgan fingerprint density at radius 2 is 1.87 bits per heavy atom. The molecular formula is C22H25ClN2O5S. The highest BCUT2D eigenvalue weighted by molar-refractivity contribution is 7.88. The number of nitrogens with zero attached hydrogens (tertiary/aromatic N) is 1. The monoisotopic (exact) mass is 464 g/mol. The lowest BCUT2D eigenvalue weighted by Gasteiger charge is -2.30. The van der Waals surface area contributed by atoms with E-state index in [4.69, 9.17) is 16.3 Å². The second-order valence-electron chi connectivity index (χ2n) is 7.57. The molecule has 0 bridgehead atoms. The minimum Gasteiger partial charge on any atom is -0.465 e. The summed E-state index contributed by atoms with van der Waals surface area (Å²) in [5.41, 5.74) is 2.35. The van der Waals surface area contributed by atoms with Crippen molar-refractivity contribution in [3.05, 3.63) is 64.2 Å². The lowest BCUT2D eigenvalue weighted by atomic mass is 9.97. The van der Waals surface area contributed by atoms with Crippen LogP contribution in [0.1, 0.15) is 34.3 Å². The number of aryl methyl sites for hydroxylation is 1. The van der Waals surface area contributed by atoms with Gasteiger partial charge in [-0.15, -0.1) is 0 Å². The number of anilines is 1. The molecule has 1 fully saturated rings. The molecule has 166 valence electrons. The Kier molecular flexibility index (Phi) is 7.35. The number of methoxy groups -OCH3 is 1. The third-order valence-electron chi connectivity index (χ3n) is 5.37. The van der Waals surface area contributed by atoms with E-state index in [0.29, 0.717) is 34.7 Å². The van der Waals surface area contributed by atoms with E-state index in [9.17, 15) is 18.0 Å². The van der Waals surface area contributed by atoms with Crippen molar-refractivity contribution in [2.75, 3.05) is 25.5 Å². The van der Waals surface area contributed by atoms with Crippen molar-refractivity contribution >= 4 is 39.2 Å². The summed E-state index contributed by atoms with van der Waals surface area (Å²) < 4.78 is 31.6. The van der Waals surface area contributed by atoms with Gasteiger partial charge in [-0.1, -0.05) is 29.8 Å². The standard InChI is InChI=1S/C22H25ClN2O5S/c1-15-6-7-18(22(27)30-2)13-20(15)24-21(26)17-8-10-25(11-9-17)31(28,29)14-16-4-3-5-19(23)12-16/h3-7,12-13,17H,8-11,14H2,1-2H3,(H,24,26). The highest BCUT2D eigenvalue weighted by Gasteiger charge is 2.31. The van der Waals surface area contributed by atoms with E-state index in [1.165, 1.54) is 11.4 Å². The van der Waals surface area contributed by atoms with Crippen molar-refractivity contribution in [3.63, 3.8) is 0 Å². The first kappa shape index (κ1) is 23.2. The van der Waals surface area contributed by atoms with Crippen LogP contribution in [-0.4, -0.2) is 44.8 Å². The molecule has 1 saturated heterocycles. The second kappa shape index (κ2) is 9.80. The third kappa shape index (κ3) is 5.84. The fourth-order valence-corrected chi connectivity index (χ4v) is 5.32. The van der Waals surface area contributed by atoms with Gasteiger partial charge in [0.05, 0.1) is 18.4 Å². The Labute approximate surface area is 187 Å². The van der Waals surface area contributed by atoms with E-state index >= 15 is 0 Å². The molecule has 1 heterocycles. The average Bonchev–Trinajstić information content (AvgIpc) is 2.74. The molecule has 1 N–H and O–H groups in total. The van der Waals surface area contributed by atoms with Crippen LogP contribution in [0.2, 0.25) is 5.02 Å². The Morgan fingerprint density at radius 3 is 2.52 bits per heavy atom. The molecule has 0 atom stereocenters. The number of halogens is 1. The number of benzene rings is 2. The molecule has 0 unspecified atom stereocenters. The molecule has 1 aliphatic heterocycles. The van der Waals surface area contributed by atoms with E-state index in [1.807, 2.05) is 6.92 Å². The second-order valence-corrected chi connectivity index (χ2v) is 9.98. The van der Waals surface area contributed by atoms with E-state index in [2.05, 4.69) is 5.32 Å². The van der Waals surface area contributed by atoms with Crippen LogP contribution in [0.15, 0.2) is 42.5 Å². The number of esters is 1. The zero-order valence-corrected chi connectivity index (χ0v) is 19.0. The highest BCUT2D eigenvalue weighted by Crippen LogP contribution is 2.25. The lowest BCUT2D eigenvalue weighted by molar-refractivity contribution is -0.120. The molecule has 1 aliphatic rings. The molecule has 2 aromatic rings. The van der Waals surface area contributed by atoms with Crippen LogP contribution in [0, 0.1) is 12.8 Å². The Morgan fingerprint density at radius 1 is 1.16 bits per heavy atom. The molecule has 7 nitrogen and oxygen atoms in total. The van der Waals surface area contributed by atoms with Crippen molar-refractivity contribution in [2.24, 2.45) is 5.92 Å². The van der Waals surface area contributed by atoms with E-state index in [0.717, 1.165) is 5.56 Å². The van der Waals surface area contributed by atoms with Gasteiger partial charge >= 0.3 is 5.97 Å². The molecule has 0 spiro atoms. The smallest absolute Gasteiger partial charge is 0.337 e. The average molecular weight is 465 g/mol. The van der Waals surface area contributed by atoms with Gasteiger partial charge in [0.15, 0.2) is 0 Å². The Bertz CT molecular complexity index is 1080. The Balaban J connectivity index is 1.60. The van der Waals surface area contributed by atoms with Crippen molar-refractivity contribution in [1.82, 2.24) is 4.31 Å². The summed E-state index contributed by atoms with van der Waals surface area (Å²) in [6, 6.07) is 11.8. The minimum atomic E-state index is -3.49. The van der Waals surface area contributed by atoms with Crippen molar-refractivity contribution in [2.45, 2.75) is 25.5 Å². The van der Waals surface area contributed by atoms with Gasteiger partial charge in [0.25, 0.3) is 0 Å². The first-order valence-corrected chi connectivity index (χ1v) is 11.9. The Hall–Kier alpha value is -2.42. The van der Waals surface area contributed by atoms with Gasteiger partial charge in [-0.3, -0.25) is 4.79 Å². The largest absolute Gasteiger partial charge is 0.465 e. The van der Waals surface area contributed by atoms with Crippen LogP contribution in [0.4, 0.5) is 5.69 Å². The predicted octanol–water partition coefficient (Wildman–Crippen LogP) is 3.62. The van der Waals surface area contributed by atoms with E-state index in [1.54, 1.807) is 42.5 Å². The molecular weight excluding hydrogens is 440 g/mol. The number of ether oxygens (including phenoxy) is 1. The molecule has 1 amide bonds. The number of carbonyl (C=O) groups excluding carboxylic acids is 2. The first-order valence-electron chi connectivity index (χ1n) is 9.91. The zero-order valence-electron chi connectivity index (χ0n) is 17.4. The summed E-state index contributed by atoms with van der Waals surface area (Å²) in [4.78, 5) is 24.5. The van der Waals surface area contributed by atoms with Crippen LogP contribution < -0.4 is 5.32 Å². The number of sulfonamides is 1. The third-order valence-corrected chi connectivity index (χ3v) is 7.46. The molecule has 0 aromatic heterocycles. The number of carbonyl (C=O) groups is 2. The lowest BCUT2D eigenvalue weighted by Crippen LogP contribution is -2.41. The molecule has 31 heavy (non-hydrogen) atoms. The first-order chi connectivity index (χ1) is 14.7. The topological polar surface area (TPSA) is 92.8 Å². The van der Waals surface area contributed by atoms with Crippen molar-refractivity contribution in [3.8, 4) is 0 Å². The summed E-state index contributed by atoms with van der Waals surface area (Å²) in [5.74, 6) is -1.09. The fourth-order valence-electron chi connectivity index (χ4n) is 3.56. The van der Waals surface area contributed by atoms with Crippen LogP contribution in [0.5, 0.6) is 0 Å². The van der Waals surface area contributed by atoms with Gasteiger partial charge in [0.1, 0.15) is 0 Å².